The first-order valence-corrected chi connectivity index (χ1v) is 7.21. The maximum absolute atomic E-state index is 5.56. The molecule has 0 unspecified atom stereocenters. The van der Waals surface area contributed by atoms with Crippen LogP contribution in [0.5, 0.6) is 5.88 Å². The van der Waals surface area contributed by atoms with Gasteiger partial charge in [-0.1, -0.05) is 27.2 Å². The Labute approximate surface area is 116 Å². The SMILES string of the molecule is CCCCOc1cc(NCCN(CC)CC)ncn1. The standard InChI is InChI=1S/C14H26N4O/c1-4-7-10-19-14-11-13(16-12-17-14)15-8-9-18(5-2)6-3/h11-12H,4-10H2,1-3H3,(H,15,16,17). The molecule has 0 aliphatic rings. The number of aromatic nitrogens is 2. The van der Waals surface area contributed by atoms with Crippen molar-refractivity contribution in [2.24, 2.45) is 0 Å². The van der Waals surface area contributed by atoms with Crippen LogP contribution in [0, 0.1) is 0 Å². The van der Waals surface area contributed by atoms with Gasteiger partial charge in [0.25, 0.3) is 0 Å². The van der Waals surface area contributed by atoms with Crippen molar-refractivity contribution in [3.8, 4) is 5.88 Å². The Hall–Kier alpha value is -1.36. The summed E-state index contributed by atoms with van der Waals surface area (Å²) in [5, 5.41) is 3.30. The molecule has 0 saturated heterocycles. The Balaban J connectivity index is 2.35. The van der Waals surface area contributed by atoms with E-state index in [9.17, 15) is 0 Å². The average Bonchev–Trinajstić information content (AvgIpc) is 2.44. The number of nitrogens with zero attached hydrogens (tertiary/aromatic N) is 3. The highest BCUT2D eigenvalue weighted by Crippen LogP contribution is 2.11. The Morgan fingerprint density at radius 3 is 2.68 bits per heavy atom. The zero-order chi connectivity index (χ0) is 13.9. The highest BCUT2D eigenvalue weighted by atomic mass is 16.5. The van der Waals surface area contributed by atoms with Gasteiger partial charge in [-0.05, 0) is 19.5 Å². The number of anilines is 1. The second-order valence-corrected chi connectivity index (χ2v) is 4.40. The third-order valence-corrected chi connectivity index (χ3v) is 3.02. The molecule has 0 atom stereocenters. The van der Waals surface area contributed by atoms with Crippen LogP contribution in [-0.2, 0) is 0 Å². The minimum atomic E-state index is 0.647. The van der Waals surface area contributed by atoms with Gasteiger partial charge in [-0.3, -0.25) is 0 Å². The van der Waals surface area contributed by atoms with E-state index in [1.54, 1.807) is 6.33 Å². The molecule has 1 aromatic heterocycles. The Morgan fingerprint density at radius 1 is 1.21 bits per heavy atom. The molecule has 0 aliphatic heterocycles. The molecule has 108 valence electrons. The summed E-state index contributed by atoms with van der Waals surface area (Å²) in [5.74, 6) is 1.47. The van der Waals surface area contributed by atoms with Crippen molar-refractivity contribution in [3.05, 3.63) is 12.4 Å². The molecule has 0 aromatic carbocycles. The predicted octanol–water partition coefficient (Wildman–Crippen LogP) is 2.41. The summed E-state index contributed by atoms with van der Waals surface area (Å²) in [4.78, 5) is 10.7. The van der Waals surface area contributed by atoms with Crippen molar-refractivity contribution in [1.29, 1.82) is 0 Å². The molecule has 5 heteroatoms. The van der Waals surface area contributed by atoms with Crippen LogP contribution in [0.3, 0.4) is 0 Å². The van der Waals surface area contributed by atoms with Crippen molar-refractivity contribution >= 4 is 5.82 Å². The number of likely N-dealkylation sites (N-methyl/N-ethyl adjacent to an activating group) is 1. The first-order chi connectivity index (χ1) is 9.30. The molecular formula is C14H26N4O. The lowest BCUT2D eigenvalue weighted by molar-refractivity contribution is 0.297. The number of ether oxygens (including phenoxy) is 1. The topological polar surface area (TPSA) is 50.3 Å². The molecule has 1 N–H and O–H groups in total. The van der Waals surface area contributed by atoms with Crippen molar-refractivity contribution < 1.29 is 4.74 Å². The lowest BCUT2D eigenvalue weighted by Gasteiger charge is -2.18. The maximum atomic E-state index is 5.56. The van der Waals surface area contributed by atoms with Crippen molar-refractivity contribution in [1.82, 2.24) is 14.9 Å². The maximum Gasteiger partial charge on any atom is 0.218 e. The minimum absolute atomic E-state index is 0.647. The molecule has 0 aliphatic carbocycles. The van der Waals surface area contributed by atoms with E-state index in [1.807, 2.05) is 6.07 Å². The zero-order valence-corrected chi connectivity index (χ0v) is 12.4. The summed E-state index contributed by atoms with van der Waals surface area (Å²) in [6.07, 6.45) is 3.72. The fraction of sp³-hybridized carbons (Fsp3) is 0.714. The van der Waals surface area contributed by atoms with Gasteiger partial charge in [-0.25, -0.2) is 9.97 Å². The summed E-state index contributed by atoms with van der Waals surface area (Å²) in [6, 6.07) is 1.86. The van der Waals surface area contributed by atoms with Gasteiger partial charge in [0.05, 0.1) is 6.61 Å². The highest BCUT2D eigenvalue weighted by Gasteiger charge is 2.01. The molecule has 1 aromatic rings. The van der Waals surface area contributed by atoms with Gasteiger partial charge in [0.15, 0.2) is 0 Å². The van der Waals surface area contributed by atoms with E-state index in [1.165, 1.54) is 0 Å². The van der Waals surface area contributed by atoms with Crippen LogP contribution in [0.2, 0.25) is 0 Å². The smallest absolute Gasteiger partial charge is 0.218 e. The first kappa shape index (κ1) is 15.7. The fourth-order valence-electron chi connectivity index (χ4n) is 1.72. The number of hydrogen-bond donors (Lipinski definition) is 1. The van der Waals surface area contributed by atoms with Crippen LogP contribution in [0.25, 0.3) is 0 Å². The van der Waals surface area contributed by atoms with E-state index >= 15 is 0 Å². The summed E-state index contributed by atoms with van der Waals surface area (Å²) < 4.78 is 5.56. The van der Waals surface area contributed by atoms with Gasteiger partial charge < -0.3 is 15.0 Å². The lowest BCUT2D eigenvalue weighted by Crippen LogP contribution is -2.28. The molecule has 0 amide bonds. The first-order valence-electron chi connectivity index (χ1n) is 7.21. The molecule has 1 rings (SSSR count). The summed E-state index contributed by atoms with van der Waals surface area (Å²) in [6.45, 7) is 11.3. The van der Waals surface area contributed by atoms with Crippen LogP contribution in [0.4, 0.5) is 5.82 Å². The van der Waals surface area contributed by atoms with Crippen LogP contribution in [0.1, 0.15) is 33.6 Å². The summed E-state index contributed by atoms with van der Waals surface area (Å²) in [5.41, 5.74) is 0. The number of nitrogens with one attached hydrogen (secondary N) is 1. The van der Waals surface area contributed by atoms with E-state index in [4.69, 9.17) is 4.74 Å². The Morgan fingerprint density at radius 2 is 2.00 bits per heavy atom. The molecule has 0 bridgehead atoms. The van der Waals surface area contributed by atoms with Gasteiger partial charge in [0.1, 0.15) is 12.1 Å². The molecule has 0 radical (unpaired) electrons. The Bertz CT molecular complexity index is 342. The Kier molecular flexibility index (Phi) is 7.89. The van der Waals surface area contributed by atoms with Crippen LogP contribution in [-0.4, -0.2) is 47.7 Å². The molecule has 0 saturated carbocycles. The molecule has 19 heavy (non-hydrogen) atoms. The van der Waals surface area contributed by atoms with Crippen molar-refractivity contribution in [3.63, 3.8) is 0 Å². The van der Waals surface area contributed by atoms with Gasteiger partial charge >= 0.3 is 0 Å². The summed E-state index contributed by atoms with van der Waals surface area (Å²) >= 11 is 0. The molecule has 5 nitrogen and oxygen atoms in total. The molecule has 0 spiro atoms. The summed E-state index contributed by atoms with van der Waals surface area (Å²) in [7, 11) is 0. The second-order valence-electron chi connectivity index (χ2n) is 4.40. The van der Waals surface area contributed by atoms with Gasteiger partial charge in [-0.2, -0.15) is 0 Å². The van der Waals surface area contributed by atoms with E-state index in [2.05, 4.69) is 41.0 Å². The number of unbranched alkanes of at least 4 members (excludes halogenated alkanes) is 1. The van der Waals surface area contributed by atoms with Crippen LogP contribution in [0.15, 0.2) is 12.4 Å². The lowest BCUT2D eigenvalue weighted by atomic mass is 10.4. The zero-order valence-electron chi connectivity index (χ0n) is 12.4. The number of rotatable bonds is 10. The van der Waals surface area contributed by atoms with E-state index < -0.39 is 0 Å². The minimum Gasteiger partial charge on any atom is -0.478 e. The third-order valence-electron chi connectivity index (χ3n) is 3.02. The van der Waals surface area contributed by atoms with Gasteiger partial charge in [-0.15, -0.1) is 0 Å². The van der Waals surface area contributed by atoms with Gasteiger partial charge in [0, 0.05) is 19.2 Å². The number of hydrogen-bond acceptors (Lipinski definition) is 5. The van der Waals surface area contributed by atoms with E-state index in [0.717, 1.165) is 44.8 Å². The predicted molar refractivity (Wildman–Crippen MR) is 78.7 cm³/mol. The highest BCUT2D eigenvalue weighted by molar-refractivity contribution is 5.36. The van der Waals surface area contributed by atoms with Crippen molar-refractivity contribution in [2.75, 3.05) is 38.1 Å². The quantitative estimate of drug-likeness (QED) is 0.659. The average molecular weight is 266 g/mol. The fourth-order valence-corrected chi connectivity index (χ4v) is 1.72. The van der Waals surface area contributed by atoms with Crippen LogP contribution < -0.4 is 10.1 Å². The monoisotopic (exact) mass is 266 g/mol. The van der Waals surface area contributed by atoms with E-state index in [-0.39, 0.29) is 0 Å². The normalized spacial score (nSPS) is 10.7. The van der Waals surface area contributed by atoms with Crippen molar-refractivity contribution in [2.45, 2.75) is 33.6 Å². The van der Waals surface area contributed by atoms with Gasteiger partial charge in [0.2, 0.25) is 5.88 Å². The molecule has 0 fully saturated rings. The molecule has 1 heterocycles. The van der Waals surface area contributed by atoms with Crippen LogP contribution >= 0.6 is 0 Å². The largest absolute Gasteiger partial charge is 0.478 e. The molecular weight excluding hydrogens is 240 g/mol. The second kappa shape index (κ2) is 9.55. The van der Waals surface area contributed by atoms with E-state index in [0.29, 0.717) is 12.5 Å². The third kappa shape index (κ3) is 6.38.